The fraction of sp³-hybridized carbons (Fsp3) is 0.0270. The highest BCUT2D eigenvalue weighted by molar-refractivity contribution is 6.01. The Morgan fingerprint density at radius 1 is 0.707 bits per heavy atom. The van der Waals surface area contributed by atoms with Gasteiger partial charge in [0.2, 0.25) is 5.88 Å². The van der Waals surface area contributed by atoms with Crippen molar-refractivity contribution in [1.29, 1.82) is 5.26 Å². The molecule has 41 heavy (non-hydrogen) atoms. The van der Waals surface area contributed by atoms with Crippen molar-refractivity contribution in [1.82, 2.24) is 4.57 Å². The second kappa shape index (κ2) is 10.5. The van der Waals surface area contributed by atoms with Gasteiger partial charge in [-0.3, -0.25) is 0 Å². The molecule has 7 rings (SSSR count). The summed E-state index contributed by atoms with van der Waals surface area (Å²) in [5, 5.41) is 13.8. The van der Waals surface area contributed by atoms with Crippen LogP contribution in [0.4, 0.5) is 5.88 Å². The van der Waals surface area contributed by atoms with Gasteiger partial charge in [0.15, 0.2) is 0 Å². The number of hydrogen-bond donors (Lipinski definition) is 0. The Morgan fingerprint density at radius 2 is 1.37 bits per heavy atom. The predicted molar refractivity (Wildman–Crippen MR) is 167 cm³/mol. The van der Waals surface area contributed by atoms with Crippen LogP contribution in [-0.2, 0) is 6.54 Å². The zero-order valence-corrected chi connectivity index (χ0v) is 22.2. The number of nitrogens with zero attached hydrogens (tertiary/aromatic N) is 3. The maximum absolute atomic E-state index is 10.3. The maximum Gasteiger partial charge on any atom is 0.238 e. The van der Waals surface area contributed by atoms with Gasteiger partial charge in [0.05, 0.1) is 0 Å². The number of hydrogen-bond acceptors (Lipinski definition) is 3. The summed E-state index contributed by atoms with van der Waals surface area (Å²) in [5.74, 6) is 0.940. The summed E-state index contributed by atoms with van der Waals surface area (Å²) in [6.07, 6.45) is 3.94. The number of nitriles is 1. The molecule has 0 N–H and O–H groups in total. The molecule has 0 aliphatic rings. The predicted octanol–water partition coefficient (Wildman–Crippen LogP) is 9.39. The van der Waals surface area contributed by atoms with Crippen LogP contribution in [0.3, 0.4) is 0 Å². The van der Waals surface area contributed by atoms with Crippen LogP contribution in [0.15, 0.2) is 143 Å². The Labute approximate surface area is 238 Å². The van der Waals surface area contributed by atoms with E-state index in [4.69, 9.17) is 9.41 Å². The van der Waals surface area contributed by atoms with E-state index in [0.717, 1.165) is 39.7 Å². The van der Waals surface area contributed by atoms with E-state index in [1.807, 2.05) is 72.9 Å². The molecule has 0 saturated heterocycles. The third-order valence-corrected chi connectivity index (χ3v) is 7.46. The molecule has 0 atom stereocenters. The second-order valence-electron chi connectivity index (χ2n) is 9.96. The molecule has 0 amide bonds. The molecular formula is C37H25N3O. The lowest BCUT2D eigenvalue weighted by Gasteiger charge is -2.09. The molecule has 0 unspecified atom stereocenters. The molecule has 5 aromatic carbocycles. The molecule has 0 aliphatic carbocycles. The fourth-order valence-electron chi connectivity index (χ4n) is 5.54. The van der Waals surface area contributed by atoms with Gasteiger partial charge >= 0.3 is 0 Å². The SMILES string of the molecule is N#Cc1c(/N=C/c2cn(Cc3cccc4ccccc34)c3ccccc23)oc(-c2ccccc2)c1-c1ccccc1. The summed E-state index contributed by atoms with van der Waals surface area (Å²) in [6, 6.07) is 45.4. The molecule has 0 aliphatic heterocycles. The summed E-state index contributed by atoms with van der Waals surface area (Å²) < 4.78 is 8.60. The number of para-hydroxylation sites is 1. The van der Waals surface area contributed by atoms with Crippen LogP contribution in [-0.4, -0.2) is 10.8 Å². The van der Waals surface area contributed by atoms with E-state index in [-0.39, 0.29) is 0 Å². The third-order valence-electron chi connectivity index (χ3n) is 7.46. The lowest BCUT2D eigenvalue weighted by Crippen LogP contribution is -1.98. The van der Waals surface area contributed by atoms with Crippen molar-refractivity contribution in [3.8, 4) is 28.5 Å². The number of benzene rings is 5. The number of furan rings is 1. The average molecular weight is 528 g/mol. The standard InChI is InChI=1S/C37H25N3O/c38-22-33-35(27-13-3-1-4-14-27)36(28-15-5-2-6-16-28)41-37(33)39-23-30-25-40(34-21-10-9-20-32(30)34)24-29-18-11-17-26-12-7-8-19-31(26)29/h1-21,23,25H,24H2/b39-23+. The maximum atomic E-state index is 10.3. The molecule has 2 heterocycles. The summed E-state index contributed by atoms with van der Waals surface area (Å²) in [6.45, 7) is 0.732. The Kier molecular flexibility index (Phi) is 6.24. The summed E-state index contributed by atoms with van der Waals surface area (Å²) in [4.78, 5) is 4.77. The van der Waals surface area contributed by atoms with E-state index >= 15 is 0 Å². The minimum Gasteiger partial charge on any atom is -0.436 e. The molecule has 0 fully saturated rings. The van der Waals surface area contributed by atoms with Crippen molar-refractivity contribution in [2.24, 2.45) is 4.99 Å². The van der Waals surface area contributed by atoms with Crippen molar-refractivity contribution < 1.29 is 4.42 Å². The van der Waals surface area contributed by atoms with Crippen LogP contribution < -0.4 is 0 Å². The largest absolute Gasteiger partial charge is 0.436 e. The van der Waals surface area contributed by atoms with E-state index in [2.05, 4.69) is 77.5 Å². The van der Waals surface area contributed by atoms with Crippen LogP contribution in [0.1, 0.15) is 16.7 Å². The van der Waals surface area contributed by atoms with Crippen molar-refractivity contribution in [2.45, 2.75) is 6.54 Å². The van der Waals surface area contributed by atoms with Gasteiger partial charge < -0.3 is 8.98 Å². The number of fused-ring (bicyclic) bond motifs is 2. The first kappa shape index (κ1) is 24.4. The van der Waals surface area contributed by atoms with Gasteiger partial charge in [0.25, 0.3) is 0 Å². The average Bonchev–Trinajstić information content (AvgIpc) is 3.59. The quantitative estimate of drug-likeness (QED) is 0.202. The van der Waals surface area contributed by atoms with E-state index in [1.165, 1.54) is 16.3 Å². The molecule has 4 nitrogen and oxygen atoms in total. The van der Waals surface area contributed by atoms with Crippen LogP contribution in [0, 0.1) is 11.3 Å². The van der Waals surface area contributed by atoms with E-state index in [1.54, 1.807) is 0 Å². The van der Waals surface area contributed by atoms with Crippen molar-refractivity contribution in [3.63, 3.8) is 0 Å². The fourth-order valence-corrected chi connectivity index (χ4v) is 5.54. The van der Waals surface area contributed by atoms with E-state index in [0.29, 0.717) is 17.2 Å². The summed E-state index contributed by atoms with van der Waals surface area (Å²) in [5.41, 5.74) is 6.33. The van der Waals surface area contributed by atoms with Gasteiger partial charge in [0, 0.05) is 46.5 Å². The number of aliphatic imine (C=N–C) groups is 1. The molecule has 194 valence electrons. The third kappa shape index (κ3) is 4.50. The molecule has 7 aromatic rings. The van der Waals surface area contributed by atoms with Crippen LogP contribution in [0.5, 0.6) is 0 Å². The van der Waals surface area contributed by atoms with Crippen molar-refractivity contribution in [2.75, 3.05) is 0 Å². The topological polar surface area (TPSA) is 54.2 Å². The molecule has 4 heteroatoms. The van der Waals surface area contributed by atoms with Gasteiger partial charge in [-0.05, 0) is 28.0 Å². The second-order valence-corrected chi connectivity index (χ2v) is 9.96. The normalized spacial score (nSPS) is 11.4. The molecule has 0 spiro atoms. The molecule has 0 bridgehead atoms. The molecule has 0 saturated carbocycles. The van der Waals surface area contributed by atoms with E-state index in [9.17, 15) is 5.26 Å². The van der Waals surface area contributed by atoms with Crippen LogP contribution in [0.25, 0.3) is 44.1 Å². The lowest BCUT2D eigenvalue weighted by molar-refractivity contribution is 0.593. The Balaban J connectivity index is 1.33. The minimum absolute atomic E-state index is 0.302. The Bertz CT molecular complexity index is 2070. The van der Waals surface area contributed by atoms with E-state index < -0.39 is 0 Å². The van der Waals surface area contributed by atoms with Crippen LogP contribution >= 0.6 is 0 Å². The van der Waals surface area contributed by atoms with Crippen molar-refractivity contribution >= 4 is 33.8 Å². The summed E-state index contributed by atoms with van der Waals surface area (Å²) in [7, 11) is 0. The smallest absolute Gasteiger partial charge is 0.238 e. The van der Waals surface area contributed by atoms with Gasteiger partial charge in [-0.2, -0.15) is 5.26 Å². The van der Waals surface area contributed by atoms with Gasteiger partial charge in [0.1, 0.15) is 17.4 Å². The Hall–Kier alpha value is -5.66. The van der Waals surface area contributed by atoms with Gasteiger partial charge in [-0.15, -0.1) is 0 Å². The highest BCUT2D eigenvalue weighted by Gasteiger charge is 2.22. The van der Waals surface area contributed by atoms with Gasteiger partial charge in [-0.25, -0.2) is 4.99 Å². The number of aromatic nitrogens is 1. The molecule has 0 radical (unpaired) electrons. The van der Waals surface area contributed by atoms with Crippen LogP contribution in [0.2, 0.25) is 0 Å². The Morgan fingerprint density at radius 3 is 2.15 bits per heavy atom. The molecular weight excluding hydrogens is 502 g/mol. The zero-order chi connectivity index (χ0) is 27.6. The first-order valence-corrected chi connectivity index (χ1v) is 13.6. The first-order valence-electron chi connectivity index (χ1n) is 13.6. The summed E-state index contributed by atoms with van der Waals surface area (Å²) >= 11 is 0. The number of rotatable bonds is 6. The highest BCUT2D eigenvalue weighted by atomic mass is 16.4. The first-order chi connectivity index (χ1) is 20.3. The highest BCUT2D eigenvalue weighted by Crippen LogP contribution is 2.42. The zero-order valence-electron chi connectivity index (χ0n) is 22.2. The van der Waals surface area contributed by atoms with Crippen molar-refractivity contribution in [3.05, 3.63) is 150 Å². The monoisotopic (exact) mass is 527 g/mol. The lowest BCUT2D eigenvalue weighted by atomic mass is 9.98. The minimum atomic E-state index is 0.302. The van der Waals surface area contributed by atoms with Gasteiger partial charge in [-0.1, -0.05) is 121 Å². The molecule has 2 aromatic heterocycles.